The van der Waals surface area contributed by atoms with Crippen molar-refractivity contribution in [3.63, 3.8) is 0 Å². The number of hydrogen-bond donors (Lipinski definition) is 3. The molecule has 7 nitrogen and oxygen atoms in total. The maximum atomic E-state index is 12.5. The molecule has 4 aliphatic rings. The van der Waals surface area contributed by atoms with E-state index >= 15 is 0 Å². The minimum absolute atomic E-state index is 0.0206. The summed E-state index contributed by atoms with van der Waals surface area (Å²) in [6, 6.07) is 6.02. The molecule has 1 saturated heterocycles. The minimum atomic E-state index is -0.469. The number of anilines is 1. The molecule has 2 aliphatic carbocycles. The number of amides is 2. The lowest BCUT2D eigenvalue weighted by Crippen LogP contribution is -2.47. The number of carbonyl (C=O) groups is 2. The van der Waals surface area contributed by atoms with Gasteiger partial charge in [-0.1, -0.05) is 12.8 Å². The molecule has 3 fully saturated rings. The van der Waals surface area contributed by atoms with Gasteiger partial charge in [0.2, 0.25) is 11.8 Å². The Labute approximate surface area is 182 Å². The minimum Gasteiger partial charge on any atom is -0.487 e. The topological polar surface area (TPSA) is 96.9 Å². The van der Waals surface area contributed by atoms with Crippen molar-refractivity contribution in [1.82, 2.24) is 5.32 Å². The van der Waals surface area contributed by atoms with E-state index in [0.29, 0.717) is 25.2 Å². The zero-order valence-electron chi connectivity index (χ0n) is 17.8. The van der Waals surface area contributed by atoms with Crippen molar-refractivity contribution >= 4 is 17.5 Å². The Hall–Kier alpha value is -2.12. The highest BCUT2D eigenvalue weighted by atomic mass is 16.6. The summed E-state index contributed by atoms with van der Waals surface area (Å²) in [6.45, 7) is -0.152. The number of nitrogens with one attached hydrogen (secondary N) is 2. The second kappa shape index (κ2) is 8.79. The van der Waals surface area contributed by atoms with Crippen molar-refractivity contribution in [1.29, 1.82) is 0 Å². The van der Waals surface area contributed by atoms with Gasteiger partial charge in [-0.2, -0.15) is 0 Å². The van der Waals surface area contributed by atoms with E-state index in [9.17, 15) is 14.7 Å². The molecule has 168 valence electrons. The summed E-state index contributed by atoms with van der Waals surface area (Å²) in [5, 5.41) is 16.0. The Bertz CT molecular complexity index is 833. The van der Waals surface area contributed by atoms with E-state index in [1.165, 1.54) is 12.8 Å². The van der Waals surface area contributed by atoms with E-state index in [0.717, 1.165) is 42.7 Å². The van der Waals surface area contributed by atoms with E-state index in [1.807, 2.05) is 18.2 Å². The molecule has 0 radical (unpaired) electrons. The van der Waals surface area contributed by atoms with Gasteiger partial charge in [0.25, 0.3) is 0 Å². The number of fused-ring (bicyclic) bond motifs is 3. The number of aliphatic hydroxyl groups excluding tert-OH is 1. The van der Waals surface area contributed by atoms with Crippen LogP contribution in [0.1, 0.15) is 69.3 Å². The molecule has 0 spiro atoms. The van der Waals surface area contributed by atoms with Crippen LogP contribution in [0.5, 0.6) is 5.75 Å². The van der Waals surface area contributed by atoms with Gasteiger partial charge in [-0.05, 0) is 56.2 Å². The predicted octanol–water partition coefficient (Wildman–Crippen LogP) is 2.87. The quantitative estimate of drug-likeness (QED) is 0.621. The maximum Gasteiger partial charge on any atom is 0.224 e. The standard InChI is InChI=1S/C24H32N2O5/c27-13-21-24-19(11-17(30-21)12-23(29)25-15-3-1-2-4-15)18-10-16(7-8-20(18)31-24)26-22(28)9-14-5-6-14/h7-8,10,14-15,17,19,21,24,27H,1-6,9,11-13H2,(H,25,29)(H,26,28)/t17-,19-,21+,24+/m0/s1. The number of aliphatic hydroxyl groups is 1. The number of carbonyl (C=O) groups excluding carboxylic acids is 2. The largest absolute Gasteiger partial charge is 0.487 e. The Morgan fingerprint density at radius 1 is 1.06 bits per heavy atom. The van der Waals surface area contributed by atoms with Gasteiger partial charge < -0.3 is 25.2 Å². The molecule has 5 rings (SSSR count). The summed E-state index contributed by atoms with van der Waals surface area (Å²) in [5.41, 5.74) is 1.80. The first kappa shape index (κ1) is 20.8. The summed E-state index contributed by atoms with van der Waals surface area (Å²) in [6.07, 6.45) is 7.28. The maximum absolute atomic E-state index is 12.5. The first-order valence-electron chi connectivity index (χ1n) is 11.7. The molecule has 7 heteroatoms. The van der Waals surface area contributed by atoms with Crippen molar-refractivity contribution in [3.05, 3.63) is 23.8 Å². The Balaban J connectivity index is 1.26. The highest BCUT2D eigenvalue weighted by molar-refractivity contribution is 5.91. The van der Waals surface area contributed by atoms with Crippen molar-refractivity contribution in [2.24, 2.45) is 5.92 Å². The van der Waals surface area contributed by atoms with Crippen LogP contribution in [-0.4, -0.2) is 47.9 Å². The van der Waals surface area contributed by atoms with Crippen LogP contribution in [0.4, 0.5) is 5.69 Å². The third-order valence-electron chi connectivity index (χ3n) is 7.09. The molecule has 2 aliphatic heterocycles. The van der Waals surface area contributed by atoms with Crippen LogP contribution in [0.25, 0.3) is 0 Å². The number of ether oxygens (including phenoxy) is 2. The molecule has 2 saturated carbocycles. The Kier molecular flexibility index (Phi) is 5.89. The molecule has 2 heterocycles. The van der Waals surface area contributed by atoms with E-state index in [2.05, 4.69) is 10.6 Å². The smallest absolute Gasteiger partial charge is 0.224 e. The van der Waals surface area contributed by atoms with Crippen molar-refractivity contribution < 1.29 is 24.2 Å². The fourth-order valence-corrected chi connectivity index (χ4v) is 5.33. The average molecular weight is 429 g/mol. The highest BCUT2D eigenvalue weighted by Gasteiger charge is 2.46. The molecular weight excluding hydrogens is 396 g/mol. The molecular formula is C24H32N2O5. The zero-order chi connectivity index (χ0) is 21.4. The molecule has 1 aromatic carbocycles. The van der Waals surface area contributed by atoms with E-state index in [-0.39, 0.29) is 42.6 Å². The lowest BCUT2D eigenvalue weighted by Gasteiger charge is -2.37. The Morgan fingerprint density at radius 2 is 1.87 bits per heavy atom. The average Bonchev–Trinajstić information content (AvgIpc) is 3.26. The van der Waals surface area contributed by atoms with Crippen LogP contribution in [0, 0.1) is 5.92 Å². The summed E-state index contributed by atoms with van der Waals surface area (Å²) < 4.78 is 12.2. The zero-order valence-corrected chi connectivity index (χ0v) is 17.8. The molecule has 4 atom stereocenters. The summed E-state index contributed by atoms with van der Waals surface area (Å²) in [7, 11) is 0. The third kappa shape index (κ3) is 4.72. The van der Waals surface area contributed by atoms with Crippen molar-refractivity contribution in [2.45, 2.75) is 88.1 Å². The van der Waals surface area contributed by atoms with Crippen LogP contribution < -0.4 is 15.4 Å². The van der Waals surface area contributed by atoms with Gasteiger partial charge in [0, 0.05) is 29.6 Å². The summed E-state index contributed by atoms with van der Waals surface area (Å²) >= 11 is 0. The van der Waals surface area contributed by atoms with Gasteiger partial charge in [0.1, 0.15) is 18.0 Å². The molecule has 2 amide bonds. The van der Waals surface area contributed by atoms with E-state index in [4.69, 9.17) is 9.47 Å². The van der Waals surface area contributed by atoms with E-state index < -0.39 is 6.10 Å². The van der Waals surface area contributed by atoms with Gasteiger partial charge in [0.15, 0.2) is 0 Å². The van der Waals surface area contributed by atoms with Crippen LogP contribution >= 0.6 is 0 Å². The van der Waals surface area contributed by atoms with Crippen LogP contribution in [0.2, 0.25) is 0 Å². The van der Waals surface area contributed by atoms with Gasteiger partial charge >= 0.3 is 0 Å². The normalized spacial score (nSPS) is 29.7. The second-order valence-corrected chi connectivity index (χ2v) is 9.61. The van der Waals surface area contributed by atoms with Crippen LogP contribution in [-0.2, 0) is 14.3 Å². The highest BCUT2D eigenvalue weighted by Crippen LogP contribution is 2.47. The first-order valence-corrected chi connectivity index (χ1v) is 11.7. The Morgan fingerprint density at radius 3 is 2.61 bits per heavy atom. The molecule has 0 aromatic heterocycles. The molecule has 3 N–H and O–H groups in total. The third-order valence-corrected chi connectivity index (χ3v) is 7.09. The molecule has 0 unspecified atom stereocenters. The number of rotatable bonds is 7. The lowest BCUT2D eigenvalue weighted by atomic mass is 9.84. The first-order chi connectivity index (χ1) is 15.1. The van der Waals surface area contributed by atoms with Crippen molar-refractivity contribution in [3.8, 4) is 5.75 Å². The fourth-order valence-electron chi connectivity index (χ4n) is 5.33. The molecule has 0 bridgehead atoms. The monoisotopic (exact) mass is 428 g/mol. The van der Waals surface area contributed by atoms with Gasteiger partial charge in [0.05, 0.1) is 19.1 Å². The number of benzene rings is 1. The number of hydrogen-bond acceptors (Lipinski definition) is 5. The second-order valence-electron chi connectivity index (χ2n) is 9.61. The summed E-state index contributed by atoms with van der Waals surface area (Å²) in [5.74, 6) is 1.42. The van der Waals surface area contributed by atoms with Crippen molar-refractivity contribution in [2.75, 3.05) is 11.9 Å². The predicted molar refractivity (Wildman–Crippen MR) is 115 cm³/mol. The molecule has 31 heavy (non-hydrogen) atoms. The summed E-state index contributed by atoms with van der Waals surface area (Å²) in [4.78, 5) is 24.8. The molecule has 1 aromatic rings. The lowest BCUT2D eigenvalue weighted by molar-refractivity contribution is -0.142. The SMILES string of the molecule is O=C(CC1CC1)Nc1ccc2c(c1)[C@@H]1C[C@@H](CC(=O)NC3CCCC3)O[C@H](CO)[C@@H]1O2. The van der Waals surface area contributed by atoms with Crippen LogP contribution in [0.3, 0.4) is 0 Å². The van der Waals surface area contributed by atoms with Gasteiger partial charge in [-0.25, -0.2) is 0 Å². The van der Waals surface area contributed by atoms with Crippen LogP contribution in [0.15, 0.2) is 18.2 Å². The van der Waals surface area contributed by atoms with Gasteiger partial charge in [-0.3, -0.25) is 9.59 Å². The van der Waals surface area contributed by atoms with E-state index in [1.54, 1.807) is 0 Å². The fraction of sp³-hybridized carbons (Fsp3) is 0.667. The van der Waals surface area contributed by atoms with Gasteiger partial charge in [-0.15, -0.1) is 0 Å².